The molecule has 1 saturated heterocycles. The van der Waals surface area contributed by atoms with Gasteiger partial charge in [0.2, 0.25) is 11.8 Å². The van der Waals surface area contributed by atoms with Crippen molar-refractivity contribution in [2.75, 3.05) is 13.7 Å². The van der Waals surface area contributed by atoms with E-state index in [9.17, 15) is 23.6 Å². The minimum atomic E-state index is -0.664. The summed E-state index contributed by atoms with van der Waals surface area (Å²) < 4.78 is 18.3. The Balaban J connectivity index is 1.50. The number of carbonyl (C=O) groups excluding carboxylic acids is 4. The molecule has 1 aliphatic heterocycles. The van der Waals surface area contributed by atoms with Crippen molar-refractivity contribution >= 4 is 23.7 Å². The molecule has 0 aromatic heterocycles. The Kier molecular flexibility index (Phi) is 6.56. The Hall–Kier alpha value is -3.55. The fraction of sp³-hybridized carbons (Fsp3) is 0.273. The van der Waals surface area contributed by atoms with Crippen molar-refractivity contribution in [3.05, 3.63) is 71.0 Å². The molecule has 8 heteroatoms. The zero-order valence-corrected chi connectivity index (χ0v) is 16.5. The van der Waals surface area contributed by atoms with Crippen LogP contribution in [0.5, 0.6) is 0 Å². The molecule has 3 rings (SSSR count). The van der Waals surface area contributed by atoms with Crippen LogP contribution in [-0.4, -0.2) is 47.1 Å². The van der Waals surface area contributed by atoms with E-state index in [1.165, 1.54) is 41.1 Å². The van der Waals surface area contributed by atoms with Crippen LogP contribution in [0.1, 0.15) is 34.3 Å². The predicted molar refractivity (Wildman–Crippen MR) is 104 cm³/mol. The fourth-order valence-electron chi connectivity index (χ4n) is 3.05. The van der Waals surface area contributed by atoms with Crippen molar-refractivity contribution in [2.24, 2.45) is 0 Å². The second kappa shape index (κ2) is 9.30. The predicted octanol–water partition coefficient (Wildman–Crippen LogP) is 2.29. The van der Waals surface area contributed by atoms with Gasteiger partial charge in [0.05, 0.1) is 12.1 Å². The highest BCUT2D eigenvalue weighted by molar-refractivity contribution is 6.01. The molecule has 3 amide bonds. The molecule has 0 radical (unpaired) electrons. The lowest BCUT2D eigenvalue weighted by molar-refractivity contribution is -0.139. The van der Waals surface area contributed by atoms with Crippen molar-refractivity contribution in [2.45, 2.75) is 25.9 Å². The second-order valence-corrected chi connectivity index (χ2v) is 7.03. The van der Waals surface area contributed by atoms with Crippen LogP contribution in [0.3, 0.4) is 0 Å². The van der Waals surface area contributed by atoms with Gasteiger partial charge in [0.25, 0.3) is 5.91 Å². The minimum absolute atomic E-state index is 0.163. The smallest absolute Gasteiger partial charge is 0.338 e. The molecular formula is C22H21FN2O5. The lowest BCUT2D eigenvalue weighted by Crippen LogP contribution is -2.30. The van der Waals surface area contributed by atoms with Gasteiger partial charge in [-0.25, -0.2) is 9.18 Å². The average Bonchev–Trinajstić information content (AvgIpc) is 3.04. The molecular weight excluding hydrogens is 391 g/mol. The Morgan fingerprint density at radius 2 is 1.70 bits per heavy atom. The van der Waals surface area contributed by atoms with Crippen LogP contribution in [0.15, 0.2) is 48.5 Å². The first-order valence-electron chi connectivity index (χ1n) is 9.41. The van der Waals surface area contributed by atoms with Gasteiger partial charge in [0.1, 0.15) is 5.82 Å². The summed E-state index contributed by atoms with van der Waals surface area (Å²) in [5.41, 5.74) is 1.59. The summed E-state index contributed by atoms with van der Waals surface area (Å²) in [5.74, 6) is -1.88. The molecule has 2 aromatic carbocycles. The lowest BCUT2D eigenvalue weighted by atomic mass is 10.1. The van der Waals surface area contributed by atoms with Crippen LogP contribution >= 0.6 is 0 Å². The van der Waals surface area contributed by atoms with Gasteiger partial charge >= 0.3 is 5.97 Å². The number of esters is 1. The number of amides is 3. The monoisotopic (exact) mass is 412 g/mol. The lowest BCUT2D eigenvalue weighted by Gasteiger charge is -2.17. The van der Waals surface area contributed by atoms with Crippen LogP contribution in [0.2, 0.25) is 0 Å². The number of benzene rings is 2. The maximum Gasteiger partial charge on any atom is 0.338 e. The highest BCUT2D eigenvalue weighted by atomic mass is 19.1. The zero-order valence-electron chi connectivity index (χ0n) is 16.5. The average molecular weight is 412 g/mol. The maximum absolute atomic E-state index is 13.2. The molecule has 0 saturated carbocycles. The van der Waals surface area contributed by atoms with E-state index in [0.717, 1.165) is 0 Å². The fourth-order valence-corrected chi connectivity index (χ4v) is 3.05. The van der Waals surface area contributed by atoms with Crippen LogP contribution in [-0.2, 0) is 32.2 Å². The third-order valence-corrected chi connectivity index (χ3v) is 4.75. The summed E-state index contributed by atoms with van der Waals surface area (Å²) in [4.78, 5) is 50.2. The molecule has 0 spiro atoms. The molecule has 0 N–H and O–H groups in total. The number of hydrogen-bond acceptors (Lipinski definition) is 5. The van der Waals surface area contributed by atoms with Crippen LogP contribution in [0.25, 0.3) is 0 Å². The van der Waals surface area contributed by atoms with E-state index in [1.54, 1.807) is 24.3 Å². The number of imide groups is 1. The van der Waals surface area contributed by atoms with Gasteiger partial charge in [0, 0.05) is 26.4 Å². The number of carbonyl (C=O) groups is 4. The van der Waals surface area contributed by atoms with Crippen molar-refractivity contribution in [3.8, 4) is 0 Å². The summed E-state index contributed by atoms with van der Waals surface area (Å²) in [6.07, 6.45) is 0.454. The minimum Gasteiger partial charge on any atom is -0.452 e. The maximum atomic E-state index is 13.2. The Morgan fingerprint density at radius 1 is 1.03 bits per heavy atom. The number of hydrogen-bond donors (Lipinski definition) is 0. The molecule has 7 nitrogen and oxygen atoms in total. The highest BCUT2D eigenvalue weighted by Gasteiger charge is 2.28. The number of likely N-dealkylation sites (N-methyl/N-ethyl adjacent to an activating group) is 1. The van der Waals surface area contributed by atoms with Gasteiger partial charge in [-0.05, 0) is 35.4 Å². The molecule has 0 bridgehead atoms. The molecule has 0 aliphatic carbocycles. The summed E-state index contributed by atoms with van der Waals surface area (Å²) in [6, 6.07) is 12.2. The highest BCUT2D eigenvalue weighted by Crippen LogP contribution is 2.16. The summed E-state index contributed by atoms with van der Waals surface area (Å²) in [7, 11) is 1.54. The van der Waals surface area contributed by atoms with Gasteiger partial charge in [-0.3, -0.25) is 19.3 Å². The van der Waals surface area contributed by atoms with Crippen LogP contribution in [0, 0.1) is 5.82 Å². The Labute approximate surface area is 173 Å². The number of nitrogens with zero attached hydrogens (tertiary/aromatic N) is 2. The Bertz CT molecular complexity index is 958. The van der Waals surface area contributed by atoms with E-state index in [1.807, 2.05) is 0 Å². The van der Waals surface area contributed by atoms with Crippen molar-refractivity contribution in [1.82, 2.24) is 9.80 Å². The number of ether oxygens (including phenoxy) is 1. The van der Waals surface area contributed by atoms with Crippen molar-refractivity contribution < 1.29 is 28.3 Å². The van der Waals surface area contributed by atoms with Crippen LogP contribution in [0.4, 0.5) is 4.39 Å². The number of halogens is 1. The third kappa shape index (κ3) is 5.28. The zero-order chi connectivity index (χ0) is 21.7. The van der Waals surface area contributed by atoms with Crippen LogP contribution < -0.4 is 0 Å². The molecule has 2 aromatic rings. The molecule has 1 aliphatic rings. The van der Waals surface area contributed by atoms with E-state index in [0.29, 0.717) is 11.1 Å². The Morgan fingerprint density at radius 3 is 2.33 bits per heavy atom. The van der Waals surface area contributed by atoms with E-state index in [2.05, 4.69) is 0 Å². The van der Waals surface area contributed by atoms with Crippen molar-refractivity contribution in [3.63, 3.8) is 0 Å². The normalized spacial score (nSPS) is 13.5. The van der Waals surface area contributed by atoms with Gasteiger partial charge in [-0.2, -0.15) is 0 Å². The topological polar surface area (TPSA) is 84.0 Å². The van der Waals surface area contributed by atoms with Gasteiger partial charge in [-0.1, -0.05) is 24.3 Å². The van der Waals surface area contributed by atoms with Crippen molar-refractivity contribution in [1.29, 1.82) is 0 Å². The second-order valence-electron chi connectivity index (χ2n) is 7.03. The third-order valence-electron chi connectivity index (χ3n) is 4.75. The van der Waals surface area contributed by atoms with E-state index < -0.39 is 18.5 Å². The summed E-state index contributed by atoms with van der Waals surface area (Å²) in [5, 5.41) is 0. The first-order valence-corrected chi connectivity index (χ1v) is 9.41. The molecule has 0 unspecified atom stereocenters. The molecule has 0 atom stereocenters. The van der Waals surface area contributed by atoms with E-state index in [-0.39, 0.29) is 49.1 Å². The van der Waals surface area contributed by atoms with Gasteiger partial charge in [0.15, 0.2) is 6.61 Å². The van der Waals surface area contributed by atoms with E-state index >= 15 is 0 Å². The molecule has 1 heterocycles. The summed E-state index contributed by atoms with van der Waals surface area (Å²) >= 11 is 0. The summed E-state index contributed by atoms with van der Waals surface area (Å²) in [6.45, 7) is -0.0870. The first kappa shape index (κ1) is 21.2. The number of rotatable bonds is 7. The van der Waals surface area contributed by atoms with Gasteiger partial charge in [-0.15, -0.1) is 0 Å². The standard InChI is InChI=1S/C22H21FN2O5/c1-24(12-16-3-2-4-18(23)11-16)21(28)14-30-22(29)17-7-5-15(6-8-17)13-25-19(26)9-10-20(25)27/h2-8,11H,9-10,12-14H2,1H3. The molecule has 1 fully saturated rings. The molecule has 156 valence electrons. The number of likely N-dealkylation sites (tertiary alicyclic amines) is 1. The SMILES string of the molecule is CN(Cc1cccc(F)c1)C(=O)COC(=O)c1ccc(CN2C(=O)CCC2=O)cc1. The molecule has 30 heavy (non-hydrogen) atoms. The largest absolute Gasteiger partial charge is 0.452 e. The van der Waals surface area contributed by atoms with Gasteiger partial charge < -0.3 is 9.64 Å². The first-order chi connectivity index (χ1) is 14.3. The quantitative estimate of drug-likeness (QED) is 0.515. The van der Waals surface area contributed by atoms with E-state index in [4.69, 9.17) is 4.74 Å².